The summed E-state index contributed by atoms with van der Waals surface area (Å²) in [6, 6.07) is 9.53. The molecule has 2 aromatic carbocycles. The van der Waals surface area contributed by atoms with Gasteiger partial charge >= 0.3 is 0 Å². The second-order valence-corrected chi connectivity index (χ2v) is 12.4. The third kappa shape index (κ3) is 5.30. The van der Waals surface area contributed by atoms with Crippen molar-refractivity contribution < 1.29 is 21.9 Å². The number of hydrogen-bond acceptors (Lipinski definition) is 7. The molecular formula is C27H28F2N6O3S. The molecule has 0 aliphatic carbocycles. The van der Waals surface area contributed by atoms with Gasteiger partial charge in [-0.3, -0.25) is 0 Å². The normalized spacial score (nSPS) is 16.4. The van der Waals surface area contributed by atoms with Gasteiger partial charge in [0.1, 0.15) is 33.4 Å². The van der Waals surface area contributed by atoms with E-state index in [-0.39, 0.29) is 17.4 Å². The Morgan fingerprint density at radius 1 is 1.10 bits per heavy atom. The molecule has 0 unspecified atom stereocenters. The van der Waals surface area contributed by atoms with Crippen LogP contribution >= 0.6 is 0 Å². The molecule has 1 saturated heterocycles. The lowest BCUT2D eigenvalue weighted by atomic mass is 9.88. The highest BCUT2D eigenvalue weighted by Crippen LogP contribution is 2.39. The number of sulfone groups is 1. The lowest BCUT2D eigenvalue weighted by Gasteiger charge is -2.32. The largest absolute Gasteiger partial charge is 0.493 e. The molecule has 0 spiro atoms. The summed E-state index contributed by atoms with van der Waals surface area (Å²) in [5.74, 6) is 0.147. The van der Waals surface area contributed by atoms with E-state index in [1.165, 1.54) is 35.0 Å². The maximum Gasteiger partial charge on any atom is 0.253 e. The van der Waals surface area contributed by atoms with Gasteiger partial charge in [-0.25, -0.2) is 21.9 Å². The summed E-state index contributed by atoms with van der Waals surface area (Å²) < 4.78 is 60.0. The predicted octanol–water partition coefficient (Wildman–Crippen LogP) is 3.56. The molecule has 2 aliphatic rings. The lowest BCUT2D eigenvalue weighted by Crippen LogP contribution is -2.36. The first-order valence-electron chi connectivity index (χ1n) is 12.9. The topological polar surface area (TPSA) is 95.1 Å². The van der Waals surface area contributed by atoms with E-state index in [1.807, 2.05) is 12.3 Å². The van der Waals surface area contributed by atoms with Gasteiger partial charge in [0.2, 0.25) is 0 Å². The van der Waals surface area contributed by atoms with E-state index in [4.69, 9.17) is 9.84 Å². The molecule has 12 heteroatoms. The number of rotatable bonds is 6. The number of aromatic nitrogens is 5. The van der Waals surface area contributed by atoms with Crippen molar-refractivity contribution in [3.63, 3.8) is 0 Å². The van der Waals surface area contributed by atoms with Crippen LogP contribution in [-0.2, 0) is 16.3 Å². The van der Waals surface area contributed by atoms with Gasteiger partial charge in [0, 0.05) is 42.6 Å². The molecule has 0 radical (unpaired) electrons. The Morgan fingerprint density at radius 2 is 1.92 bits per heavy atom. The van der Waals surface area contributed by atoms with Crippen LogP contribution in [0.4, 0.5) is 8.78 Å². The fourth-order valence-electron chi connectivity index (χ4n) is 5.30. The lowest BCUT2D eigenvalue weighted by molar-refractivity contribution is 0.223. The summed E-state index contributed by atoms with van der Waals surface area (Å²) in [6.45, 7) is 2.76. The maximum absolute atomic E-state index is 14.5. The van der Waals surface area contributed by atoms with Crippen LogP contribution in [0.2, 0.25) is 0 Å². The average Bonchev–Trinajstić information content (AvgIpc) is 3.51. The Hall–Kier alpha value is -3.64. The van der Waals surface area contributed by atoms with Gasteiger partial charge in [0.25, 0.3) is 5.95 Å². The first-order valence-corrected chi connectivity index (χ1v) is 14.9. The molecule has 1 fully saturated rings. The summed E-state index contributed by atoms with van der Waals surface area (Å²) in [4.78, 5) is 6.51. The molecule has 0 atom stereocenters. The van der Waals surface area contributed by atoms with Crippen molar-refractivity contribution in [1.82, 2.24) is 29.4 Å². The molecule has 0 bridgehead atoms. The van der Waals surface area contributed by atoms with Crippen LogP contribution in [0.15, 0.2) is 48.9 Å². The van der Waals surface area contributed by atoms with Crippen LogP contribution in [-0.4, -0.2) is 76.1 Å². The monoisotopic (exact) mass is 554 g/mol. The van der Waals surface area contributed by atoms with E-state index < -0.39 is 21.5 Å². The van der Waals surface area contributed by atoms with Crippen LogP contribution in [0.1, 0.15) is 29.9 Å². The highest BCUT2D eigenvalue weighted by Gasteiger charge is 2.26. The van der Waals surface area contributed by atoms with E-state index in [2.05, 4.69) is 27.1 Å². The molecule has 39 heavy (non-hydrogen) atoms. The van der Waals surface area contributed by atoms with Crippen LogP contribution in [0, 0.1) is 11.6 Å². The maximum atomic E-state index is 14.5. The Morgan fingerprint density at radius 3 is 2.69 bits per heavy atom. The molecule has 9 nitrogen and oxygen atoms in total. The third-order valence-corrected chi connectivity index (χ3v) is 8.31. The zero-order valence-corrected chi connectivity index (χ0v) is 22.2. The average molecular weight is 555 g/mol. The molecule has 4 heterocycles. The van der Waals surface area contributed by atoms with E-state index in [0.717, 1.165) is 54.6 Å². The van der Waals surface area contributed by atoms with E-state index in [9.17, 15) is 17.2 Å². The molecule has 0 N–H and O–H groups in total. The Kier molecular flexibility index (Phi) is 6.67. The molecule has 0 saturated carbocycles. The molecule has 4 aromatic rings. The Balaban J connectivity index is 1.28. The fraction of sp³-hybridized carbons (Fsp3) is 0.370. The highest BCUT2D eigenvalue weighted by atomic mass is 32.2. The quantitative estimate of drug-likeness (QED) is 0.360. The zero-order valence-electron chi connectivity index (χ0n) is 21.4. The molecule has 6 rings (SSSR count). The molecule has 2 aromatic heterocycles. The van der Waals surface area contributed by atoms with Crippen molar-refractivity contribution in [2.45, 2.75) is 25.2 Å². The van der Waals surface area contributed by atoms with Crippen molar-refractivity contribution in [3.8, 4) is 28.6 Å². The smallest absolute Gasteiger partial charge is 0.253 e. The van der Waals surface area contributed by atoms with Crippen molar-refractivity contribution >= 4 is 9.84 Å². The van der Waals surface area contributed by atoms with Gasteiger partial charge in [-0.1, -0.05) is 6.07 Å². The van der Waals surface area contributed by atoms with Gasteiger partial charge < -0.3 is 9.64 Å². The highest BCUT2D eigenvalue weighted by molar-refractivity contribution is 7.90. The number of piperidine rings is 1. The van der Waals surface area contributed by atoms with Gasteiger partial charge in [0.05, 0.1) is 18.1 Å². The standard InChI is InChI=1S/C27H28F2N6O3S/c1-39(36,37)13-11-33-9-6-18(7-10-33)19-2-5-25-22(14-19)26-20(8-12-38-25)16-34(32-26)27-30-17-31-35(27)24-4-3-21(28)15-23(24)29/h2-5,14-18H,6-13H2,1H3. The minimum Gasteiger partial charge on any atom is -0.493 e. The van der Waals surface area contributed by atoms with Crippen molar-refractivity contribution in [2.75, 3.05) is 38.2 Å². The first kappa shape index (κ1) is 25.6. The number of hydrogen-bond donors (Lipinski definition) is 0. The van der Waals surface area contributed by atoms with Gasteiger partial charge in [0.15, 0.2) is 5.82 Å². The van der Waals surface area contributed by atoms with Crippen LogP contribution in [0.3, 0.4) is 0 Å². The Bertz CT molecular complexity index is 1630. The summed E-state index contributed by atoms with van der Waals surface area (Å²) in [5.41, 5.74) is 3.89. The van der Waals surface area contributed by atoms with Crippen molar-refractivity contribution in [2.24, 2.45) is 0 Å². The zero-order chi connectivity index (χ0) is 27.1. The van der Waals surface area contributed by atoms with Crippen LogP contribution < -0.4 is 4.74 Å². The minimum absolute atomic E-state index is 0.0727. The second-order valence-electron chi connectivity index (χ2n) is 10.1. The van der Waals surface area contributed by atoms with Crippen molar-refractivity contribution in [1.29, 1.82) is 0 Å². The van der Waals surface area contributed by atoms with Crippen LogP contribution in [0.25, 0.3) is 22.9 Å². The molecule has 2 aliphatic heterocycles. The third-order valence-electron chi connectivity index (χ3n) is 7.39. The summed E-state index contributed by atoms with van der Waals surface area (Å²) >= 11 is 0. The number of likely N-dealkylation sites (tertiary alicyclic amines) is 1. The summed E-state index contributed by atoms with van der Waals surface area (Å²) in [7, 11) is -2.98. The van der Waals surface area contributed by atoms with Gasteiger partial charge in [-0.05, 0) is 61.7 Å². The number of halogens is 2. The molecular weight excluding hydrogens is 526 g/mol. The Labute approximate surface area is 225 Å². The van der Waals surface area contributed by atoms with E-state index in [1.54, 1.807) is 4.68 Å². The molecule has 0 amide bonds. The minimum atomic E-state index is -2.98. The van der Waals surface area contributed by atoms with Crippen molar-refractivity contribution in [3.05, 3.63) is 71.7 Å². The fourth-order valence-corrected chi connectivity index (χ4v) is 5.89. The van der Waals surface area contributed by atoms with Gasteiger partial charge in [-0.15, -0.1) is 0 Å². The summed E-state index contributed by atoms with van der Waals surface area (Å²) in [5, 5.41) is 8.98. The number of ether oxygens (including phenoxy) is 1. The summed E-state index contributed by atoms with van der Waals surface area (Å²) in [6.07, 6.45) is 6.95. The van der Waals surface area contributed by atoms with E-state index in [0.29, 0.717) is 25.5 Å². The number of nitrogens with zero attached hydrogens (tertiary/aromatic N) is 6. The van der Waals surface area contributed by atoms with E-state index >= 15 is 0 Å². The van der Waals surface area contributed by atoms with Gasteiger partial charge in [-0.2, -0.15) is 19.9 Å². The first-order chi connectivity index (χ1) is 18.7. The predicted molar refractivity (Wildman–Crippen MR) is 141 cm³/mol. The SMILES string of the molecule is CS(=O)(=O)CCN1CCC(c2ccc3c(c2)-c2nn(-c4ncnn4-c4ccc(F)cc4F)cc2CCO3)CC1. The molecule has 204 valence electrons. The number of benzene rings is 2. The van der Waals surface area contributed by atoms with Crippen LogP contribution in [0.5, 0.6) is 5.75 Å². The number of fused-ring (bicyclic) bond motifs is 3. The second kappa shape index (κ2) is 10.2.